The molecule has 1 aromatic heterocycles. The molecule has 3 rings (SSSR count). The van der Waals surface area contributed by atoms with Gasteiger partial charge in [0.15, 0.2) is 5.13 Å². The number of hydrogen-bond donors (Lipinski definition) is 2. The molecule has 2 N–H and O–H groups in total. The van der Waals surface area contributed by atoms with Gasteiger partial charge < -0.3 is 10.6 Å². The lowest BCUT2D eigenvalue weighted by molar-refractivity contribution is -0.116. The largest absolute Gasteiger partial charge is 0.326 e. The number of fused-ring (bicyclic) bond motifs is 1. The second-order valence-electron chi connectivity index (χ2n) is 5.23. The third-order valence-electron chi connectivity index (χ3n) is 3.23. The highest BCUT2D eigenvalue weighted by Gasteiger charge is 2.08. The molecule has 1 heterocycles. The van der Waals surface area contributed by atoms with E-state index in [1.807, 2.05) is 0 Å². The van der Waals surface area contributed by atoms with Crippen LogP contribution in [0.1, 0.15) is 12.5 Å². The van der Waals surface area contributed by atoms with Crippen molar-refractivity contribution >= 4 is 44.2 Å². The molecule has 0 radical (unpaired) electrons. The van der Waals surface area contributed by atoms with Crippen LogP contribution >= 0.6 is 11.3 Å². The van der Waals surface area contributed by atoms with E-state index in [1.165, 1.54) is 30.4 Å². The number of anilines is 2. The molecule has 0 unspecified atom stereocenters. The zero-order valence-electron chi connectivity index (χ0n) is 12.8. The average Bonchev–Trinajstić information content (AvgIpc) is 2.90. The maximum atomic E-state index is 12.9. The fraction of sp³-hybridized carbons (Fsp3) is 0.118. The minimum absolute atomic E-state index is 0.165. The fourth-order valence-corrected chi connectivity index (χ4v) is 3.15. The Morgan fingerprint density at radius 3 is 2.58 bits per heavy atom. The van der Waals surface area contributed by atoms with Gasteiger partial charge in [-0.05, 0) is 35.9 Å². The first-order valence-electron chi connectivity index (χ1n) is 7.22. The fourth-order valence-electron chi connectivity index (χ4n) is 2.20. The maximum absolute atomic E-state index is 12.9. The first-order chi connectivity index (χ1) is 11.5. The molecular formula is C17H14FN3O2S. The van der Waals surface area contributed by atoms with Gasteiger partial charge in [-0.15, -0.1) is 0 Å². The van der Waals surface area contributed by atoms with Gasteiger partial charge in [-0.25, -0.2) is 9.37 Å². The normalized spacial score (nSPS) is 10.6. The van der Waals surface area contributed by atoms with Crippen LogP contribution in [0.15, 0.2) is 42.5 Å². The summed E-state index contributed by atoms with van der Waals surface area (Å²) in [7, 11) is 0. The van der Waals surface area contributed by atoms with Crippen molar-refractivity contribution in [3.63, 3.8) is 0 Å². The molecule has 5 nitrogen and oxygen atoms in total. The molecule has 0 atom stereocenters. The smallest absolute Gasteiger partial charge is 0.228 e. The van der Waals surface area contributed by atoms with Gasteiger partial charge in [0.1, 0.15) is 5.82 Å². The third-order valence-corrected chi connectivity index (χ3v) is 4.17. The van der Waals surface area contributed by atoms with Crippen molar-refractivity contribution in [2.45, 2.75) is 13.3 Å². The zero-order valence-corrected chi connectivity index (χ0v) is 13.6. The van der Waals surface area contributed by atoms with Crippen molar-refractivity contribution < 1.29 is 14.0 Å². The number of hydrogen-bond acceptors (Lipinski definition) is 4. The third kappa shape index (κ3) is 3.94. The molecule has 0 aliphatic carbocycles. The van der Waals surface area contributed by atoms with Gasteiger partial charge in [0, 0.05) is 12.6 Å². The van der Waals surface area contributed by atoms with E-state index in [1.54, 1.807) is 30.3 Å². The van der Waals surface area contributed by atoms with Crippen molar-refractivity contribution in [1.82, 2.24) is 4.98 Å². The molecule has 7 heteroatoms. The van der Waals surface area contributed by atoms with E-state index < -0.39 is 0 Å². The number of rotatable bonds is 4. The Balaban J connectivity index is 1.71. The minimum atomic E-state index is -0.329. The molecule has 0 spiro atoms. The summed E-state index contributed by atoms with van der Waals surface area (Å²) < 4.78 is 13.7. The van der Waals surface area contributed by atoms with Crippen molar-refractivity contribution in [1.29, 1.82) is 0 Å². The summed E-state index contributed by atoms with van der Waals surface area (Å²) in [6.07, 6.45) is 0.165. The number of aromatic nitrogens is 1. The van der Waals surface area contributed by atoms with Crippen LogP contribution < -0.4 is 10.6 Å². The Bertz CT molecular complexity index is 906. The van der Waals surface area contributed by atoms with Crippen LogP contribution in [0.4, 0.5) is 15.2 Å². The molecule has 3 aromatic rings. The van der Waals surface area contributed by atoms with Crippen LogP contribution in [0.2, 0.25) is 0 Å². The van der Waals surface area contributed by atoms with Gasteiger partial charge in [-0.1, -0.05) is 23.5 Å². The Morgan fingerprint density at radius 1 is 1.12 bits per heavy atom. The molecule has 0 saturated carbocycles. The van der Waals surface area contributed by atoms with Crippen LogP contribution in [0.25, 0.3) is 10.2 Å². The van der Waals surface area contributed by atoms with Gasteiger partial charge in [0.25, 0.3) is 0 Å². The molecule has 0 aliphatic rings. The topological polar surface area (TPSA) is 71.1 Å². The molecule has 0 aliphatic heterocycles. The second-order valence-corrected chi connectivity index (χ2v) is 6.26. The van der Waals surface area contributed by atoms with Crippen molar-refractivity contribution in [3.8, 4) is 0 Å². The van der Waals surface area contributed by atoms with Crippen LogP contribution in [-0.2, 0) is 16.0 Å². The van der Waals surface area contributed by atoms with E-state index >= 15 is 0 Å². The van der Waals surface area contributed by atoms with E-state index in [2.05, 4.69) is 15.6 Å². The highest BCUT2D eigenvalue weighted by atomic mass is 32.1. The summed E-state index contributed by atoms with van der Waals surface area (Å²) in [5.74, 6) is -0.695. The number of nitrogens with one attached hydrogen (secondary N) is 2. The molecule has 24 heavy (non-hydrogen) atoms. The lowest BCUT2D eigenvalue weighted by Crippen LogP contribution is -2.14. The molecular weight excluding hydrogens is 329 g/mol. The summed E-state index contributed by atoms with van der Waals surface area (Å²) in [6.45, 7) is 1.42. The predicted octanol–water partition coefficient (Wildman–Crippen LogP) is 3.58. The minimum Gasteiger partial charge on any atom is -0.326 e. The van der Waals surface area contributed by atoms with Crippen LogP contribution in [0, 0.1) is 5.82 Å². The quantitative estimate of drug-likeness (QED) is 0.761. The summed E-state index contributed by atoms with van der Waals surface area (Å²) in [6, 6.07) is 11.2. The summed E-state index contributed by atoms with van der Waals surface area (Å²) in [4.78, 5) is 27.4. The van der Waals surface area contributed by atoms with E-state index in [9.17, 15) is 14.0 Å². The van der Waals surface area contributed by atoms with Gasteiger partial charge in [-0.3, -0.25) is 9.59 Å². The van der Waals surface area contributed by atoms with E-state index in [4.69, 9.17) is 0 Å². The second kappa shape index (κ2) is 6.76. The molecule has 2 amide bonds. The summed E-state index contributed by atoms with van der Waals surface area (Å²) >= 11 is 1.34. The van der Waals surface area contributed by atoms with E-state index in [-0.39, 0.29) is 24.1 Å². The SMILES string of the molecule is CC(=O)Nc1nc2ccc(NC(=O)Cc3ccc(F)cc3)cc2s1. The van der Waals surface area contributed by atoms with Crippen molar-refractivity contribution in [3.05, 3.63) is 53.8 Å². The number of carbonyl (C=O) groups excluding carboxylic acids is 2. The van der Waals surface area contributed by atoms with Crippen molar-refractivity contribution in [2.75, 3.05) is 10.6 Å². The maximum Gasteiger partial charge on any atom is 0.228 e. The standard InChI is InChI=1S/C17H14FN3O2S/c1-10(22)19-17-21-14-7-6-13(9-15(14)24-17)20-16(23)8-11-2-4-12(18)5-3-11/h2-7,9H,8H2,1H3,(H,20,23)(H,19,21,22). The monoisotopic (exact) mass is 343 g/mol. The van der Waals surface area contributed by atoms with Crippen LogP contribution in [-0.4, -0.2) is 16.8 Å². The highest BCUT2D eigenvalue weighted by Crippen LogP contribution is 2.28. The number of halogens is 1. The number of benzene rings is 2. The summed E-state index contributed by atoms with van der Waals surface area (Å²) in [5.41, 5.74) is 2.13. The number of nitrogens with zero attached hydrogens (tertiary/aromatic N) is 1. The van der Waals surface area contributed by atoms with E-state index in [0.29, 0.717) is 10.8 Å². The van der Waals surface area contributed by atoms with Gasteiger partial charge in [0.05, 0.1) is 16.6 Å². The number of amides is 2. The molecule has 0 fully saturated rings. The Morgan fingerprint density at radius 2 is 1.88 bits per heavy atom. The summed E-state index contributed by atoms with van der Waals surface area (Å²) in [5, 5.41) is 5.97. The Kier molecular flexibility index (Phi) is 4.52. The van der Waals surface area contributed by atoms with E-state index in [0.717, 1.165) is 15.8 Å². The van der Waals surface area contributed by atoms with Gasteiger partial charge in [0.2, 0.25) is 11.8 Å². The average molecular weight is 343 g/mol. The Labute approximate surface area is 141 Å². The van der Waals surface area contributed by atoms with Gasteiger partial charge in [-0.2, -0.15) is 0 Å². The molecule has 122 valence electrons. The van der Waals surface area contributed by atoms with Gasteiger partial charge >= 0.3 is 0 Å². The number of thiazole rings is 1. The first-order valence-corrected chi connectivity index (χ1v) is 8.04. The predicted molar refractivity (Wildman–Crippen MR) is 92.7 cm³/mol. The van der Waals surface area contributed by atoms with Crippen molar-refractivity contribution in [2.24, 2.45) is 0 Å². The molecule has 2 aromatic carbocycles. The first kappa shape index (κ1) is 16.1. The number of carbonyl (C=O) groups is 2. The lowest BCUT2D eigenvalue weighted by Gasteiger charge is -2.05. The van der Waals surface area contributed by atoms with Crippen LogP contribution in [0.3, 0.4) is 0 Å². The zero-order chi connectivity index (χ0) is 17.1. The Hall–Kier alpha value is -2.80. The molecule has 0 saturated heterocycles. The highest BCUT2D eigenvalue weighted by molar-refractivity contribution is 7.22. The van der Waals surface area contributed by atoms with Crippen LogP contribution in [0.5, 0.6) is 0 Å². The lowest BCUT2D eigenvalue weighted by atomic mass is 10.1. The molecule has 0 bridgehead atoms.